The van der Waals surface area contributed by atoms with Crippen LogP contribution < -0.4 is 0 Å². The Kier molecular flexibility index (Phi) is 4.21. The van der Waals surface area contributed by atoms with Gasteiger partial charge in [-0.15, -0.1) is 0 Å². The molecule has 15 heavy (non-hydrogen) atoms. The van der Waals surface area contributed by atoms with Crippen LogP contribution in [-0.2, 0) is 0 Å². The van der Waals surface area contributed by atoms with Crippen molar-refractivity contribution in [3.05, 3.63) is 35.9 Å². The van der Waals surface area contributed by atoms with E-state index in [1.54, 1.807) is 0 Å². The molecule has 1 nitrogen and oxygen atoms in total. The Morgan fingerprint density at radius 1 is 1.07 bits per heavy atom. The highest BCUT2D eigenvalue weighted by Crippen LogP contribution is 2.24. The maximum atomic E-state index is 3.78. The fraction of sp³-hybridized carbons (Fsp3) is 0.538. The number of piperidine rings is 1. The summed E-state index contributed by atoms with van der Waals surface area (Å²) in [6, 6.07) is 10.7. The van der Waals surface area contributed by atoms with Gasteiger partial charge in [-0.25, -0.2) is 0 Å². The first-order valence-electron chi connectivity index (χ1n) is 5.77. The molecule has 1 atom stereocenters. The summed E-state index contributed by atoms with van der Waals surface area (Å²) in [5, 5.41) is 0. The fourth-order valence-corrected chi connectivity index (χ4v) is 2.85. The van der Waals surface area contributed by atoms with Crippen molar-refractivity contribution in [2.45, 2.75) is 24.1 Å². The standard InChI is InChI=1S/C13H18BrN/c14-13(12-7-3-1-4-8-12)11-15-9-5-2-6-10-15/h1,3-4,7-8,13H,2,5-6,9-11H2. The van der Waals surface area contributed by atoms with Gasteiger partial charge in [0.25, 0.3) is 0 Å². The van der Waals surface area contributed by atoms with E-state index in [4.69, 9.17) is 0 Å². The van der Waals surface area contributed by atoms with Gasteiger partial charge in [-0.2, -0.15) is 0 Å². The smallest absolute Gasteiger partial charge is 0.0522 e. The number of hydrogen-bond acceptors (Lipinski definition) is 1. The van der Waals surface area contributed by atoms with E-state index in [9.17, 15) is 0 Å². The van der Waals surface area contributed by atoms with Gasteiger partial charge in [-0.05, 0) is 31.5 Å². The Bertz CT molecular complexity index is 280. The van der Waals surface area contributed by atoms with E-state index < -0.39 is 0 Å². The van der Waals surface area contributed by atoms with Crippen LogP contribution in [0.4, 0.5) is 0 Å². The lowest BCUT2D eigenvalue weighted by molar-refractivity contribution is 0.231. The van der Waals surface area contributed by atoms with Crippen LogP contribution >= 0.6 is 15.9 Å². The Balaban J connectivity index is 1.88. The molecular formula is C13H18BrN. The van der Waals surface area contributed by atoms with Gasteiger partial charge in [-0.1, -0.05) is 52.7 Å². The van der Waals surface area contributed by atoms with E-state index in [1.165, 1.54) is 37.9 Å². The fourth-order valence-electron chi connectivity index (χ4n) is 2.14. The van der Waals surface area contributed by atoms with E-state index in [1.807, 2.05) is 0 Å². The first-order chi connectivity index (χ1) is 7.36. The first-order valence-corrected chi connectivity index (χ1v) is 6.69. The molecule has 1 aromatic rings. The lowest BCUT2D eigenvalue weighted by atomic mass is 10.1. The first kappa shape index (κ1) is 11.2. The third kappa shape index (κ3) is 3.32. The summed E-state index contributed by atoms with van der Waals surface area (Å²) in [7, 11) is 0. The lowest BCUT2D eigenvalue weighted by Gasteiger charge is -2.28. The third-order valence-electron chi connectivity index (χ3n) is 3.03. The van der Waals surface area contributed by atoms with Crippen molar-refractivity contribution in [1.82, 2.24) is 4.90 Å². The zero-order valence-electron chi connectivity index (χ0n) is 9.03. The van der Waals surface area contributed by atoms with Crippen LogP contribution in [0.1, 0.15) is 29.7 Å². The molecule has 0 spiro atoms. The van der Waals surface area contributed by atoms with Gasteiger partial charge >= 0.3 is 0 Å². The van der Waals surface area contributed by atoms with Crippen LogP contribution in [0.2, 0.25) is 0 Å². The van der Waals surface area contributed by atoms with E-state index in [-0.39, 0.29) is 0 Å². The minimum Gasteiger partial charge on any atom is -0.302 e. The number of likely N-dealkylation sites (tertiary alicyclic amines) is 1. The van der Waals surface area contributed by atoms with Crippen molar-refractivity contribution in [1.29, 1.82) is 0 Å². The molecule has 2 heteroatoms. The highest BCUT2D eigenvalue weighted by atomic mass is 79.9. The molecular weight excluding hydrogens is 250 g/mol. The maximum absolute atomic E-state index is 3.78. The number of halogens is 1. The summed E-state index contributed by atoms with van der Waals surface area (Å²) in [4.78, 5) is 3.05. The second-order valence-corrected chi connectivity index (χ2v) is 5.34. The Labute approximate surface area is 101 Å². The van der Waals surface area contributed by atoms with Crippen molar-refractivity contribution in [3.8, 4) is 0 Å². The zero-order valence-corrected chi connectivity index (χ0v) is 10.6. The van der Waals surface area contributed by atoms with Crippen molar-refractivity contribution >= 4 is 15.9 Å². The molecule has 2 rings (SSSR count). The van der Waals surface area contributed by atoms with Gasteiger partial charge in [0.15, 0.2) is 0 Å². The number of nitrogens with zero attached hydrogens (tertiary/aromatic N) is 1. The van der Waals surface area contributed by atoms with Crippen LogP contribution in [0.25, 0.3) is 0 Å². The summed E-state index contributed by atoms with van der Waals surface area (Å²) < 4.78 is 0. The number of alkyl halides is 1. The highest BCUT2D eigenvalue weighted by molar-refractivity contribution is 9.09. The van der Waals surface area contributed by atoms with Gasteiger partial charge in [0.1, 0.15) is 0 Å². The predicted octanol–water partition coefficient (Wildman–Crippen LogP) is 3.61. The molecule has 1 aliphatic rings. The Morgan fingerprint density at radius 2 is 1.73 bits per heavy atom. The van der Waals surface area contributed by atoms with E-state index in [2.05, 4.69) is 51.2 Å². The summed E-state index contributed by atoms with van der Waals surface area (Å²) in [5.41, 5.74) is 1.39. The van der Waals surface area contributed by atoms with Crippen LogP contribution in [0.15, 0.2) is 30.3 Å². The van der Waals surface area contributed by atoms with Crippen LogP contribution in [0.3, 0.4) is 0 Å². The van der Waals surface area contributed by atoms with Gasteiger partial charge in [0, 0.05) is 6.54 Å². The minimum atomic E-state index is 0.483. The molecule has 0 saturated carbocycles. The van der Waals surface area contributed by atoms with Crippen molar-refractivity contribution < 1.29 is 0 Å². The average Bonchev–Trinajstić information content (AvgIpc) is 2.31. The van der Waals surface area contributed by atoms with E-state index in [0.717, 1.165) is 6.54 Å². The average molecular weight is 268 g/mol. The minimum absolute atomic E-state index is 0.483. The molecule has 1 aliphatic heterocycles. The number of benzene rings is 1. The lowest BCUT2D eigenvalue weighted by Crippen LogP contribution is -2.32. The summed E-state index contributed by atoms with van der Waals surface area (Å²) >= 11 is 3.78. The molecule has 0 aromatic heterocycles. The molecule has 1 unspecified atom stereocenters. The number of hydrogen-bond donors (Lipinski definition) is 0. The van der Waals surface area contributed by atoms with Gasteiger partial charge in [-0.3, -0.25) is 0 Å². The SMILES string of the molecule is BrC(CN1CCCCC1)c1ccccc1. The largest absolute Gasteiger partial charge is 0.302 e. The molecule has 1 aromatic carbocycles. The Hall–Kier alpha value is -0.340. The molecule has 0 bridgehead atoms. The number of rotatable bonds is 3. The molecule has 82 valence electrons. The summed E-state index contributed by atoms with van der Waals surface area (Å²) in [6.45, 7) is 3.69. The summed E-state index contributed by atoms with van der Waals surface area (Å²) in [5.74, 6) is 0. The third-order valence-corrected chi connectivity index (χ3v) is 3.85. The zero-order chi connectivity index (χ0) is 10.5. The Morgan fingerprint density at radius 3 is 2.40 bits per heavy atom. The van der Waals surface area contributed by atoms with Crippen molar-refractivity contribution in [2.24, 2.45) is 0 Å². The monoisotopic (exact) mass is 267 g/mol. The van der Waals surface area contributed by atoms with Gasteiger partial charge < -0.3 is 4.90 Å². The molecule has 1 heterocycles. The molecule has 1 saturated heterocycles. The normalized spacial score (nSPS) is 20.1. The molecule has 0 aliphatic carbocycles. The van der Waals surface area contributed by atoms with E-state index >= 15 is 0 Å². The van der Waals surface area contributed by atoms with Crippen LogP contribution in [0, 0.1) is 0 Å². The molecule has 0 amide bonds. The predicted molar refractivity (Wildman–Crippen MR) is 68.4 cm³/mol. The maximum Gasteiger partial charge on any atom is 0.0522 e. The second-order valence-electron chi connectivity index (χ2n) is 4.24. The van der Waals surface area contributed by atoms with Crippen molar-refractivity contribution in [3.63, 3.8) is 0 Å². The molecule has 0 N–H and O–H groups in total. The van der Waals surface area contributed by atoms with Crippen LogP contribution in [0.5, 0.6) is 0 Å². The van der Waals surface area contributed by atoms with Crippen molar-refractivity contribution in [2.75, 3.05) is 19.6 Å². The van der Waals surface area contributed by atoms with Gasteiger partial charge in [0.2, 0.25) is 0 Å². The molecule has 0 radical (unpaired) electrons. The second kappa shape index (κ2) is 5.66. The quantitative estimate of drug-likeness (QED) is 0.757. The highest BCUT2D eigenvalue weighted by Gasteiger charge is 2.15. The topological polar surface area (TPSA) is 3.24 Å². The van der Waals surface area contributed by atoms with E-state index in [0.29, 0.717) is 4.83 Å². The summed E-state index contributed by atoms with van der Waals surface area (Å²) in [6.07, 6.45) is 4.15. The van der Waals surface area contributed by atoms with Gasteiger partial charge in [0.05, 0.1) is 4.83 Å². The molecule has 1 fully saturated rings. The van der Waals surface area contributed by atoms with Crippen LogP contribution in [-0.4, -0.2) is 24.5 Å².